The molecule has 0 radical (unpaired) electrons. The molecule has 0 fully saturated rings. The molecule has 4 heteroatoms. The summed E-state index contributed by atoms with van der Waals surface area (Å²) in [5.74, 6) is 1.03. The smallest absolute Gasteiger partial charge is 0.131 e. The van der Waals surface area contributed by atoms with Crippen LogP contribution in [0.3, 0.4) is 0 Å². The number of nitrogens with zero attached hydrogens (tertiary/aromatic N) is 2. The summed E-state index contributed by atoms with van der Waals surface area (Å²) in [6.45, 7) is 11.6. The molecule has 2 N–H and O–H groups in total. The summed E-state index contributed by atoms with van der Waals surface area (Å²) in [5.41, 5.74) is 2.43. The Labute approximate surface area is 123 Å². The number of hydrogen-bond acceptors (Lipinski definition) is 4. The number of aliphatic hydroxyl groups excluding tert-OH is 1. The quantitative estimate of drug-likeness (QED) is 0.682. The van der Waals surface area contributed by atoms with Gasteiger partial charge in [0.25, 0.3) is 0 Å². The lowest BCUT2D eigenvalue weighted by molar-refractivity contribution is 0.288. The van der Waals surface area contributed by atoms with Gasteiger partial charge in [0.2, 0.25) is 0 Å². The zero-order chi connectivity index (χ0) is 15.0. The van der Waals surface area contributed by atoms with E-state index in [0.29, 0.717) is 6.04 Å². The summed E-state index contributed by atoms with van der Waals surface area (Å²) in [6, 6.07) is 2.59. The van der Waals surface area contributed by atoms with Crippen LogP contribution in [0.15, 0.2) is 12.3 Å². The first-order chi connectivity index (χ1) is 9.60. The second-order valence-corrected chi connectivity index (χ2v) is 5.53. The molecule has 0 unspecified atom stereocenters. The van der Waals surface area contributed by atoms with Crippen LogP contribution in [0.5, 0.6) is 0 Å². The molecule has 1 rings (SSSR count). The minimum absolute atomic E-state index is 0.224. The Hall–Kier alpha value is -1.13. The van der Waals surface area contributed by atoms with Crippen molar-refractivity contribution in [2.45, 2.75) is 53.1 Å². The fourth-order valence-corrected chi connectivity index (χ4v) is 2.28. The topological polar surface area (TPSA) is 48.4 Å². The van der Waals surface area contributed by atoms with Crippen molar-refractivity contribution in [1.82, 2.24) is 10.3 Å². The van der Waals surface area contributed by atoms with Crippen LogP contribution in [0.25, 0.3) is 0 Å². The second-order valence-electron chi connectivity index (χ2n) is 5.53. The first-order valence-electron chi connectivity index (χ1n) is 7.63. The molecule has 1 aromatic heterocycles. The van der Waals surface area contributed by atoms with Crippen LogP contribution < -0.4 is 10.2 Å². The molecule has 0 amide bonds. The van der Waals surface area contributed by atoms with Gasteiger partial charge >= 0.3 is 0 Å². The molecular weight excluding hydrogens is 250 g/mol. The largest absolute Gasteiger partial charge is 0.396 e. The Morgan fingerprint density at radius 3 is 2.70 bits per heavy atom. The predicted molar refractivity (Wildman–Crippen MR) is 85.2 cm³/mol. The van der Waals surface area contributed by atoms with Gasteiger partial charge in [0, 0.05) is 31.9 Å². The monoisotopic (exact) mass is 279 g/mol. The molecule has 0 aliphatic rings. The molecule has 0 aliphatic heterocycles. The van der Waals surface area contributed by atoms with Crippen molar-refractivity contribution in [3.63, 3.8) is 0 Å². The van der Waals surface area contributed by atoms with Crippen LogP contribution in [0, 0.1) is 6.92 Å². The van der Waals surface area contributed by atoms with Crippen molar-refractivity contribution in [1.29, 1.82) is 0 Å². The van der Waals surface area contributed by atoms with Gasteiger partial charge in [-0.1, -0.05) is 6.92 Å². The summed E-state index contributed by atoms with van der Waals surface area (Å²) >= 11 is 0. The number of aryl methyl sites for hydroxylation is 1. The van der Waals surface area contributed by atoms with Gasteiger partial charge in [-0.3, -0.25) is 0 Å². The second kappa shape index (κ2) is 8.93. The third-order valence-electron chi connectivity index (χ3n) is 3.32. The van der Waals surface area contributed by atoms with E-state index in [1.54, 1.807) is 0 Å². The maximum atomic E-state index is 9.02. The molecule has 0 saturated heterocycles. The standard InChI is InChI=1S/C16H29N3O/c1-5-7-17-11-15-10-14(4)16(18-12-15)19(13(2)3)8-6-9-20/h10,12-13,17,20H,5-9,11H2,1-4H3. The third kappa shape index (κ3) is 5.10. The van der Waals surface area contributed by atoms with E-state index in [0.717, 1.165) is 38.3 Å². The van der Waals surface area contributed by atoms with Crippen molar-refractivity contribution in [3.8, 4) is 0 Å². The summed E-state index contributed by atoms with van der Waals surface area (Å²) in [5, 5.41) is 12.4. The number of aliphatic hydroxyl groups is 1. The first kappa shape index (κ1) is 16.9. The van der Waals surface area contributed by atoms with Crippen molar-refractivity contribution >= 4 is 5.82 Å². The molecule has 0 spiro atoms. The van der Waals surface area contributed by atoms with Crippen LogP contribution in [0.4, 0.5) is 5.82 Å². The van der Waals surface area contributed by atoms with Gasteiger partial charge in [0.05, 0.1) is 0 Å². The third-order valence-corrected chi connectivity index (χ3v) is 3.32. The van der Waals surface area contributed by atoms with Crippen molar-refractivity contribution in [3.05, 3.63) is 23.4 Å². The van der Waals surface area contributed by atoms with Gasteiger partial charge in [-0.15, -0.1) is 0 Å². The van der Waals surface area contributed by atoms with Crippen molar-refractivity contribution in [2.75, 3.05) is 24.6 Å². The van der Waals surface area contributed by atoms with Gasteiger partial charge in [0.1, 0.15) is 5.82 Å². The average molecular weight is 279 g/mol. The van der Waals surface area contributed by atoms with Gasteiger partial charge in [-0.05, 0) is 57.4 Å². The van der Waals surface area contributed by atoms with Crippen LogP contribution in [-0.2, 0) is 6.54 Å². The van der Waals surface area contributed by atoms with E-state index in [9.17, 15) is 0 Å². The lowest BCUT2D eigenvalue weighted by Gasteiger charge is -2.29. The number of anilines is 1. The molecule has 1 aromatic rings. The highest BCUT2D eigenvalue weighted by molar-refractivity contribution is 5.48. The fraction of sp³-hybridized carbons (Fsp3) is 0.688. The van der Waals surface area contributed by atoms with Crippen molar-refractivity contribution < 1.29 is 5.11 Å². The van der Waals surface area contributed by atoms with E-state index in [1.807, 2.05) is 6.20 Å². The highest BCUT2D eigenvalue weighted by atomic mass is 16.3. The number of pyridine rings is 1. The summed E-state index contributed by atoms with van der Waals surface area (Å²) < 4.78 is 0. The maximum absolute atomic E-state index is 9.02. The van der Waals surface area contributed by atoms with E-state index in [4.69, 9.17) is 5.11 Å². The average Bonchev–Trinajstić information content (AvgIpc) is 2.41. The molecule has 20 heavy (non-hydrogen) atoms. The van der Waals surface area contributed by atoms with E-state index < -0.39 is 0 Å². The Bertz CT molecular complexity index is 393. The number of rotatable bonds is 9. The molecule has 4 nitrogen and oxygen atoms in total. The molecular formula is C16H29N3O. The van der Waals surface area contributed by atoms with Crippen molar-refractivity contribution in [2.24, 2.45) is 0 Å². The lowest BCUT2D eigenvalue weighted by atomic mass is 10.1. The maximum Gasteiger partial charge on any atom is 0.131 e. The summed E-state index contributed by atoms with van der Waals surface area (Å²) in [7, 11) is 0. The van der Waals surface area contributed by atoms with E-state index >= 15 is 0 Å². The van der Waals surface area contributed by atoms with Crippen LogP contribution in [-0.4, -0.2) is 35.8 Å². The van der Waals surface area contributed by atoms with Crippen LogP contribution >= 0.6 is 0 Å². The summed E-state index contributed by atoms with van der Waals surface area (Å²) in [4.78, 5) is 6.89. The van der Waals surface area contributed by atoms with E-state index in [1.165, 1.54) is 11.1 Å². The molecule has 114 valence electrons. The molecule has 0 aromatic carbocycles. The normalized spacial score (nSPS) is 11.1. The molecule has 0 aliphatic carbocycles. The van der Waals surface area contributed by atoms with Gasteiger partial charge < -0.3 is 15.3 Å². The lowest BCUT2D eigenvalue weighted by Crippen LogP contribution is -2.33. The fourth-order valence-electron chi connectivity index (χ4n) is 2.28. The predicted octanol–water partition coefficient (Wildman–Crippen LogP) is 2.49. The van der Waals surface area contributed by atoms with Gasteiger partial charge in [-0.2, -0.15) is 0 Å². The molecule has 0 atom stereocenters. The minimum Gasteiger partial charge on any atom is -0.396 e. The Morgan fingerprint density at radius 2 is 2.15 bits per heavy atom. The van der Waals surface area contributed by atoms with Crippen LogP contribution in [0.1, 0.15) is 44.7 Å². The van der Waals surface area contributed by atoms with E-state index in [-0.39, 0.29) is 6.61 Å². The Balaban J connectivity index is 2.78. The number of nitrogens with one attached hydrogen (secondary N) is 1. The van der Waals surface area contributed by atoms with Gasteiger partial charge in [-0.25, -0.2) is 4.98 Å². The zero-order valence-corrected chi connectivity index (χ0v) is 13.3. The Kier molecular flexibility index (Phi) is 7.55. The minimum atomic E-state index is 0.224. The van der Waals surface area contributed by atoms with E-state index in [2.05, 4.69) is 49.0 Å². The molecule has 1 heterocycles. The first-order valence-corrected chi connectivity index (χ1v) is 7.63. The summed E-state index contributed by atoms with van der Waals surface area (Å²) in [6.07, 6.45) is 3.88. The number of hydrogen-bond donors (Lipinski definition) is 2. The van der Waals surface area contributed by atoms with Crippen LogP contribution in [0.2, 0.25) is 0 Å². The highest BCUT2D eigenvalue weighted by Gasteiger charge is 2.14. The van der Waals surface area contributed by atoms with Gasteiger partial charge in [0.15, 0.2) is 0 Å². The highest BCUT2D eigenvalue weighted by Crippen LogP contribution is 2.20. The zero-order valence-electron chi connectivity index (χ0n) is 13.3. The molecule has 0 bridgehead atoms. The molecule has 0 saturated carbocycles. The number of aromatic nitrogens is 1. The SMILES string of the molecule is CCCNCc1cnc(N(CCCO)C(C)C)c(C)c1. The Morgan fingerprint density at radius 1 is 1.40 bits per heavy atom.